The second-order valence-corrected chi connectivity index (χ2v) is 17.4. The van der Waals surface area contributed by atoms with Gasteiger partial charge in [0, 0.05) is 67.8 Å². The van der Waals surface area contributed by atoms with E-state index in [1.165, 1.54) is 17.7 Å². The zero-order chi connectivity index (χ0) is 48.1. The number of ether oxygens (including phenoxy) is 3. The molecule has 0 radical (unpaired) electrons. The Labute approximate surface area is 389 Å². The summed E-state index contributed by atoms with van der Waals surface area (Å²) in [5.41, 5.74) is 4.83. The van der Waals surface area contributed by atoms with E-state index in [4.69, 9.17) is 19.2 Å². The molecule has 6 heterocycles. The second-order valence-electron chi connectivity index (χ2n) is 17.4. The van der Waals surface area contributed by atoms with Gasteiger partial charge in [-0.15, -0.1) is 10.2 Å². The van der Waals surface area contributed by atoms with Crippen LogP contribution in [0.5, 0.6) is 23.0 Å². The average Bonchev–Trinajstić information content (AvgIpc) is 3.92. The Morgan fingerprint density at radius 3 is 2.40 bits per heavy atom. The molecule has 0 aliphatic carbocycles. The first-order valence-corrected chi connectivity index (χ1v) is 22.5. The number of phenolic OH excluding ortho intramolecular Hbond substituents is 3. The van der Waals surface area contributed by atoms with Gasteiger partial charge in [-0.05, 0) is 85.0 Å². The number of aromatic hydroxyl groups is 3. The summed E-state index contributed by atoms with van der Waals surface area (Å²) in [6.45, 7) is 8.24. The van der Waals surface area contributed by atoms with Crippen LogP contribution in [-0.2, 0) is 38.6 Å². The summed E-state index contributed by atoms with van der Waals surface area (Å²) < 4.78 is 20.4. The minimum absolute atomic E-state index is 0.000430. The number of aryl methyl sites for hydroxylation is 1. The fraction of sp³-hybridized carbons (Fsp3) is 0.347. The van der Waals surface area contributed by atoms with Crippen molar-refractivity contribution in [2.24, 2.45) is 0 Å². The molecule has 3 aliphatic rings. The molecule has 9 rings (SSSR count). The van der Waals surface area contributed by atoms with Gasteiger partial charge in [-0.25, -0.2) is 14.6 Å². The molecule has 1 unspecified atom stereocenters. The highest BCUT2D eigenvalue weighted by atomic mass is 16.6. The van der Waals surface area contributed by atoms with Crippen LogP contribution in [0.3, 0.4) is 0 Å². The van der Waals surface area contributed by atoms with Crippen LogP contribution >= 0.6 is 0 Å². The van der Waals surface area contributed by atoms with Crippen molar-refractivity contribution >= 4 is 34.8 Å². The van der Waals surface area contributed by atoms with Gasteiger partial charge in [-0.1, -0.05) is 20.8 Å². The van der Waals surface area contributed by atoms with E-state index in [0.717, 1.165) is 21.4 Å². The number of nitrogens with zero attached hydrogens (tertiary/aromatic N) is 7. The van der Waals surface area contributed by atoms with Crippen molar-refractivity contribution in [2.45, 2.75) is 78.2 Å². The highest BCUT2D eigenvalue weighted by molar-refractivity contribution is 5.93. The van der Waals surface area contributed by atoms with Gasteiger partial charge in [-0.3, -0.25) is 19.0 Å². The van der Waals surface area contributed by atoms with E-state index in [1.54, 1.807) is 71.0 Å². The molecule has 1 saturated heterocycles. The molecule has 4 N–H and O–H groups in total. The average molecular weight is 927 g/mol. The quantitative estimate of drug-likeness (QED) is 0.118. The van der Waals surface area contributed by atoms with Gasteiger partial charge in [0.15, 0.2) is 5.82 Å². The highest BCUT2D eigenvalue weighted by Gasteiger charge is 2.39. The van der Waals surface area contributed by atoms with Crippen LogP contribution in [-0.4, -0.2) is 113 Å². The number of cyclic esters (lactones) is 1. The fourth-order valence-corrected chi connectivity index (χ4v) is 9.17. The van der Waals surface area contributed by atoms with Crippen LogP contribution in [0.25, 0.3) is 39.4 Å². The maximum atomic E-state index is 13.9. The Morgan fingerprint density at radius 2 is 1.69 bits per heavy atom. The zero-order valence-electron chi connectivity index (χ0n) is 38.1. The number of piperidine rings is 1. The Hall–Kier alpha value is -7.96. The predicted molar refractivity (Wildman–Crippen MR) is 246 cm³/mol. The normalized spacial score (nSPS) is 15.4. The molecule has 1 atom stereocenters. The number of nitrogens with one attached hydrogen (secondary N) is 1. The van der Waals surface area contributed by atoms with Crippen LogP contribution in [0.2, 0.25) is 0 Å². The first-order chi connectivity index (χ1) is 32.6. The SMILES string of the molecule is CCNC(=O)c1nnc(-c2cc(C(C)C)c(O)cc2O)n1-c1ccc(OC2CCN(C(=O)CN(C)C(=O)OC3C(=O)OCc4c3cc3n(c4=O)Cc4c-3nc3ccc(O)cc3c4CC)CC2)cc1. The van der Waals surface area contributed by atoms with E-state index in [0.29, 0.717) is 72.8 Å². The number of likely N-dealkylation sites (N-methyl/N-ethyl adjacent to an activating group) is 1. The Kier molecular flexibility index (Phi) is 12.0. The summed E-state index contributed by atoms with van der Waals surface area (Å²) in [5.74, 6) is -1.16. The van der Waals surface area contributed by atoms with Crippen LogP contribution in [0.1, 0.15) is 91.0 Å². The van der Waals surface area contributed by atoms with Gasteiger partial charge in [0.1, 0.15) is 42.3 Å². The lowest BCUT2D eigenvalue weighted by molar-refractivity contribution is -0.158. The van der Waals surface area contributed by atoms with Crippen LogP contribution < -0.4 is 15.6 Å². The number of pyridine rings is 2. The number of esters is 1. The van der Waals surface area contributed by atoms with Crippen LogP contribution in [0, 0.1) is 0 Å². The number of hydrogen-bond donors (Lipinski definition) is 4. The number of amides is 3. The Bertz CT molecular complexity index is 3080. The van der Waals surface area contributed by atoms with Gasteiger partial charge >= 0.3 is 12.1 Å². The molecule has 3 amide bonds. The zero-order valence-corrected chi connectivity index (χ0v) is 38.1. The summed E-state index contributed by atoms with van der Waals surface area (Å²) in [7, 11) is 1.39. The third-order valence-corrected chi connectivity index (χ3v) is 12.7. The maximum Gasteiger partial charge on any atom is 0.411 e. The molecule has 0 spiro atoms. The van der Waals surface area contributed by atoms with Crippen molar-refractivity contribution < 1.29 is 48.7 Å². The van der Waals surface area contributed by atoms with E-state index in [1.807, 2.05) is 20.8 Å². The third-order valence-electron chi connectivity index (χ3n) is 12.7. The molecule has 19 heteroatoms. The monoisotopic (exact) mass is 926 g/mol. The summed E-state index contributed by atoms with van der Waals surface area (Å²) in [6, 6.07) is 16.4. The number of fused-ring (bicyclic) bond motifs is 5. The van der Waals surface area contributed by atoms with Crippen molar-refractivity contribution in [1.29, 1.82) is 0 Å². The lowest BCUT2D eigenvalue weighted by atomic mass is 9.97. The molecule has 0 bridgehead atoms. The maximum absolute atomic E-state index is 13.9. The van der Waals surface area contributed by atoms with E-state index in [-0.39, 0.29) is 83.2 Å². The highest BCUT2D eigenvalue weighted by Crippen LogP contribution is 2.41. The molecule has 352 valence electrons. The third kappa shape index (κ3) is 8.17. The van der Waals surface area contributed by atoms with Crippen molar-refractivity contribution in [3.05, 3.63) is 105 Å². The summed E-state index contributed by atoms with van der Waals surface area (Å²) in [6.07, 6.45) is -1.13. The standard InChI is InChI=1S/C49H50N8O11/c1-6-30-32-18-27(58)10-13-37(32)51-42-35(30)22-56-38(42)20-33-36(47(56)63)24-66-48(64)43(33)68-49(65)54(5)23-41(61)55-16-14-29(15-17-55)67-28-11-8-26(9-12-28)57-44(52-53-45(57)46(62)50-7-2)34-19-31(25(3)4)39(59)21-40(34)60/h8-13,18-21,25,29,43,58-60H,6-7,14-17,22-24H2,1-5H3,(H,50,62). The number of carbonyl (C=O) groups is 4. The van der Waals surface area contributed by atoms with Gasteiger partial charge in [0.2, 0.25) is 17.8 Å². The number of aromatic nitrogens is 5. The van der Waals surface area contributed by atoms with E-state index in [9.17, 15) is 39.3 Å². The van der Waals surface area contributed by atoms with Gasteiger partial charge < -0.3 is 49.2 Å². The molecule has 3 aromatic heterocycles. The molecule has 1 fully saturated rings. The van der Waals surface area contributed by atoms with Gasteiger partial charge in [0.05, 0.1) is 34.6 Å². The second kappa shape index (κ2) is 18.0. The summed E-state index contributed by atoms with van der Waals surface area (Å²) in [5, 5.41) is 43.5. The molecular formula is C49H50N8O11. The number of hydrogen-bond acceptors (Lipinski definition) is 14. The number of rotatable bonds is 11. The molecule has 3 aliphatic heterocycles. The largest absolute Gasteiger partial charge is 0.508 e. The van der Waals surface area contributed by atoms with Gasteiger partial charge in [-0.2, -0.15) is 0 Å². The summed E-state index contributed by atoms with van der Waals surface area (Å²) >= 11 is 0. The number of benzene rings is 3. The number of phenols is 3. The minimum Gasteiger partial charge on any atom is -0.508 e. The number of likely N-dealkylation sites (tertiary alicyclic amines) is 1. The predicted octanol–water partition coefficient (Wildman–Crippen LogP) is 5.46. The smallest absolute Gasteiger partial charge is 0.411 e. The molecular weight excluding hydrogens is 877 g/mol. The minimum atomic E-state index is -1.55. The topological polar surface area (TPSA) is 241 Å². The first-order valence-electron chi connectivity index (χ1n) is 22.5. The first kappa shape index (κ1) is 45.2. The molecule has 0 saturated carbocycles. The lowest BCUT2D eigenvalue weighted by Crippen LogP contribution is -2.47. The van der Waals surface area contributed by atoms with E-state index >= 15 is 0 Å². The fourth-order valence-electron chi connectivity index (χ4n) is 9.17. The van der Waals surface area contributed by atoms with Gasteiger partial charge in [0.25, 0.3) is 11.5 Å². The summed E-state index contributed by atoms with van der Waals surface area (Å²) in [4.78, 5) is 74.7. The van der Waals surface area contributed by atoms with Crippen molar-refractivity contribution in [3.8, 4) is 51.5 Å². The molecule has 3 aromatic carbocycles. The van der Waals surface area contributed by atoms with Crippen molar-refractivity contribution in [1.82, 2.24) is 39.4 Å². The van der Waals surface area contributed by atoms with Crippen molar-refractivity contribution in [2.75, 3.05) is 33.2 Å². The lowest BCUT2D eigenvalue weighted by Gasteiger charge is -2.33. The van der Waals surface area contributed by atoms with E-state index in [2.05, 4.69) is 15.5 Å². The molecule has 68 heavy (non-hydrogen) atoms. The Balaban J connectivity index is 0.840. The van der Waals surface area contributed by atoms with Crippen LogP contribution in [0.15, 0.2) is 65.5 Å². The number of carbonyl (C=O) groups excluding carboxylic acids is 4. The molecule has 19 nitrogen and oxygen atoms in total. The Morgan fingerprint density at radius 1 is 0.941 bits per heavy atom. The van der Waals surface area contributed by atoms with Crippen LogP contribution in [0.4, 0.5) is 4.79 Å². The molecule has 6 aromatic rings. The van der Waals surface area contributed by atoms with E-state index < -0.39 is 29.6 Å². The van der Waals surface area contributed by atoms with Crippen molar-refractivity contribution in [3.63, 3.8) is 0 Å².